The van der Waals surface area contributed by atoms with Crippen molar-refractivity contribution >= 4 is 37.4 Å². The zero-order chi connectivity index (χ0) is 10.1. The molecule has 2 heteroatoms. The van der Waals surface area contributed by atoms with Gasteiger partial charge in [-0.15, -0.1) is 11.3 Å². The van der Waals surface area contributed by atoms with Crippen LogP contribution in [0.2, 0.25) is 0 Å². The van der Waals surface area contributed by atoms with Gasteiger partial charge in [0.1, 0.15) is 0 Å². The number of halogens is 1. The first kappa shape index (κ1) is 10.2. The molecule has 2 rings (SSSR count). The number of aryl methyl sites for hydroxylation is 2. The first-order valence-electron chi connectivity index (χ1n) is 4.82. The summed E-state index contributed by atoms with van der Waals surface area (Å²) in [4.78, 5) is 0. The molecule has 14 heavy (non-hydrogen) atoms. The van der Waals surface area contributed by atoms with Crippen LogP contribution in [0.4, 0.5) is 0 Å². The Morgan fingerprint density at radius 2 is 2.14 bits per heavy atom. The Bertz CT molecular complexity index is 457. The molecule has 0 aliphatic heterocycles. The molecular weight excluding hydrogens is 256 g/mol. The number of thiophene rings is 1. The molecule has 0 fully saturated rings. The van der Waals surface area contributed by atoms with Gasteiger partial charge in [0, 0.05) is 10.0 Å². The lowest BCUT2D eigenvalue weighted by Crippen LogP contribution is -1.90. The van der Waals surface area contributed by atoms with Crippen LogP contribution in [0.3, 0.4) is 0 Å². The highest BCUT2D eigenvalue weighted by Crippen LogP contribution is 2.31. The molecule has 1 heterocycles. The molecule has 2 aromatic rings. The minimum atomic E-state index is 0.958. The second kappa shape index (κ2) is 4.03. The number of alkyl halides is 1. The van der Waals surface area contributed by atoms with Gasteiger partial charge in [-0.25, -0.2) is 0 Å². The summed E-state index contributed by atoms with van der Waals surface area (Å²) in [6.45, 7) is 4.44. The summed E-state index contributed by atoms with van der Waals surface area (Å²) in [6.07, 6.45) is 1.12. The Kier molecular flexibility index (Phi) is 2.93. The van der Waals surface area contributed by atoms with E-state index in [2.05, 4.69) is 47.3 Å². The summed E-state index contributed by atoms with van der Waals surface area (Å²) in [6, 6.07) is 4.57. The van der Waals surface area contributed by atoms with Crippen molar-refractivity contribution < 1.29 is 0 Å². The lowest BCUT2D eigenvalue weighted by atomic mass is 10.0. The Morgan fingerprint density at radius 3 is 2.79 bits per heavy atom. The molecule has 0 unspecified atom stereocenters. The van der Waals surface area contributed by atoms with Gasteiger partial charge in [-0.3, -0.25) is 0 Å². The van der Waals surface area contributed by atoms with Crippen LogP contribution in [-0.4, -0.2) is 0 Å². The molecule has 1 aromatic carbocycles. The van der Waals surface area contributed by atoms with Crippen LogP contribution in [0.25, 0.3) is 10.1 Å². The van der Waals surface area contributed by atoms with E-state index in [4.69, 9.17) is 0 Å². The largest absolute Gasteiger partial charge is 0.144 e. The van der Waals surface area contributed by atoms with E-state index in [-0.39, 0.29) is 0 Å². The first-order valence-corrected chi connectivity index (χ1v) is 6.82. The average Bonchev–Trinajstić information content (AvgIpc) is 2.68. The van der Waals surface area contributed by atoms with Gasteiger partial charge < -0.3 is 0 Å². The predicted molar refractivity (Wildman–Crippen MR) is 68.6 cm³/mol. The molecule has 0 N–H and O–H groups in total. The first-order chi connectivity index (χ1) is 6.77. The molecule has 74 valence electrons. The van der Waals surface area contributed by atoms with Gasteiger partial charge in [0.15, 0.2) is 0 Å². The van der Waals surface area contributed by atoms with Gasteiger partial charge in [0.05, 0.1) is 0 Å². The second-order valence-corrected chi connectivity index (χ2v) is 4.95. The van der Waals surface area contributed by atoms with Crippen LogP contribution in [0, 0.1) is 6.92 Å². The van der Waals surface area contributed by atoms with E-state index >= 15 is 0 Å². The minimum absolute atomic E-state index is 0.958. The summed E-state index contributed by atoms with van der Waals surface area (Å²) in [5.41, 5.74) is 4.34. The van der Waals surface area contributed by atoms with E-state index in [1.807, 2.05) is 11.3 Å². The van der Waals surface area contributed by atoms with Gasteiger partial charge in [0.2, 0.25) is 0 Å². The number of hydrogen-bond acceptors (Lipinski definition) is 1. The third-order valence-corrected chi connectivity index (χ3v) is 4.34. The van der Waals surface area contributed by atoms with Crippen molar-refractivity contribution in [1.82, 2.24) is 0 Å². The Balaban J connectivity index is 2.80. The average molecular weight is 269 g/mol. The molecule has 1 aromatic heterocycles. The van der Waals surface area contributed by atoms with E-state index in [1.54, 1.807) is 0 Å². The third kappa shape index (κ3) is 1.51. The molecule has 0 aliphatic carbocycles. The zero-order valence-corrected chi connectivity index (χ0v) is 10.8. The molecular formula is C12H13BrS. The minimum Gasteiger partial charge on any atom is -0.144 e. The number of benzene rings is 1. The standard InChI is InChI=1S/C12H13BrS/c1-3-9-6-10(7-13)8(2)12-11(9)4-5-14-12/h4-6H,3,7H2,1-2H3. The van der Waals surface area contributed by atoms with Crippen molar-refractivity contribution in [3.8, 4) is 0 Å². The monoisotopic (exact) mass is 268 g/mol. The van der Waals surface area contributed by atoms with E-state index in [0.29, 0.717) is 0 Å². The highest BCUT2D eigenvalue weighted by Gasteiger charge is 2.07. The van der Waals surface area contributed by atoms with Crippen molar-refractivity contribution in [3.63, 3.8) is 0 Å². The van der Waals surface area contributed by atoms with Crippen LogP contribution >= 0.6 is 27.3 Å². The quantitative estimate of drug-likeness (QED) is 0.695. The number of fused-ring (bicyclic) bond motifs is 1. The lowest BCUT2D eigenvalue weighted by molar-refractivity contribution is 1.15. The van der Waals surface area contributed by atoms with Gasteiger partial charge in [-0.05, 0) is 46.9 Å². The van der Waals surface area contributed by atoms with E-state index in [9.17, 15) is 0 Å². The van der Waals surface area contributed by atoms with E-state index in [1.165, 1.54) is 26.8 Å². The highest BCUT2D eigenvalue weighted by molar-refractivity contribution is 9.08. The summed E-state index contributed by atoms with van der Waals surface area (Å²) in [7, 11) is 0. The Morgan fingerprint density at radius 1 is 1.36 bits per heavy atom. The van der Waals surface area contributed by atoms with Crippen molar-refractivity contribution in [2.75, 3.05) is 0 Å². The van der Waals surface area contributed by atoms with Crippen LogP contribution in [0.15, 0.2) is 17.5 Å². The maximum absolute atomic E-state index is 3.55. The molecule has 0 bridgehead atoms. The van der Waals surface area contributed by atoms with Gasteiger partial charge in [0.25, 0.3) is 0 Å². The third-order valence-electron chi connectivity index (χ3n) is 2.71. The molecule has 0 radical (unpaired) electrons. The predicted octanol–water partition coefficient (Wildman–Crippen LogP) is 4.67. The molecule has 0 saturated heterocycles. The Labute approximate surface area is 97.1 Å². The van der Waals surface area contributed by atoms with Gasteiger partial charge in [-0.2, -0.15) is 0 Å². The van der Waals surface area contributed by atoms with E-state index < -0.39 is 0 Å². The van der Waals surface area contributed by atoms with Crippen LogP contribution < -0.4 is 0 Å². The summed E-state index contributed by atoms with van der Waals surface area (Å²) >= 11 is 5.40. The van der Waals surface area contributed by atoms with Crippen molar-refractivity contribution in [2.24, 2.45) is 0 Å². The summed E-state index contributed by atoms with van der Waals surface area (Å²) < 4.78 is 1.46. The van der Waals surface area contributed by atoms with Crippen molar-refractivity contribution in [1.29, 1.82) is 0 Å². The molecule has 0 amide bonds. The van der Waals surface area contributed by atoms with Crippen LogP contribution in [0.5, 0.6) is 0 Å². The molecule has 0 saturated carbocycles. The second-order valence-electron chi connectivity index (χ2n) is 3.47. The van der Waals surface area contributed by atoms with Gasteiger partial charge >= 0.3 is 0 Å². The summed E-state index contributed by atoms with van der Waals surface area (Å²) in [5.74, 6) is 0. The normalized spacial score (nSPS) is 11.1. The van der Waals surface area contributed by atoms with Crippen molar-refractivity contribution in [2.45, 2.75) is 25.6 Å². The molecule has 0 nitrogen and oxygen atoms in total. The fraction of sp³-hybridized carbons (Fsp3) is 0.333. The zero-order valence-electron chi connectivity index (χ0n) is 8.43. The smallest absolute Gasteiger partial charge is 0.0377 e. The molecule has 0 aliphatic rings. The lowest BCUT2D eigenvalue weighted by Gasteiger charge is -2.08. The Hall–Kier alpha value is -0.340. The topological polar surface area (TPSA) is 0 Å². The SMILES string of the molecule is CCc1cc(CBr)c(C)c2sccc12. The van der Waals surface area contributed by atoms with Crippen molar-refractivity contribution in [3.05, 3.63) is 34.2 Å². The maximum Gasteiger partial charge on any atom is 0.0377 e. The fourth-order valence-corrected chi connectivity index (χ4v) is 3.38. The molecule has 0 atom stereocenters. The summed E-state index contributed by atoms with van der Waals surface area (Å²) in [5, 5.41) is 4.59. The number of rotatable bonds is 2. The maximum atomic E-state index is 3.55. The van der Waals surface area contributed by atoms with E-state index in [0.717, 1.165) is 11.8 Å². The van der Waals surface area contributed by atoms with Gasteiger partial charge in [-0.1, -0.05) is 28.9 Å². The highest BCUT2D eigenvalue weighted by atomic mass is 79.9. The molecule has 0 spiro atoms. The van der Waals surface area contributed by atoms with Crippen LogP contribution in [0.1, 0.15) is 23.6 Å². The van der Waals surface area contributed by atoms with Crippen LogP contribution in [-0.2, 0) is 11.8 Å². The fourth-order valence-electron chi connectivity index (χ4n) is 1.83. The number of hydrogen-bond donors (Lipinski definition) is 0.